The van der Waals surface area contributed by atoms with Gasteiger partial charge in [-0.1, -0.05) is 12.1 Å². The topological polar surface area (TPSA) is 276 Å². The zero-order valence-corrected chi connectivity index (χ0v) is 28.7. The number of benzene rings is 2. The molecule has 16 heteroatoms. The monoisotopic (exact) mass is 701 g/mol. The molecular weight excluding hydrogens is 662 g/mol. The number of aliphatic hydroxyl groups excluding tert-OH is 2. The van der Waals surface area contributed by atoms with Crippen LogP contribution in [-0.4, -0.2) is 108 Å². The highest BCUT2D eigenvalue weighted by molar-refractivity contribution is 6.25. The second-order valence-electron chi connectivity index (χ2n) is 13.4. The molecule has 0 aromatic heterocycles. The van der Waals surface area contributed by atoms with Crippen LogP contribution >= 0.6 is 0 Å². The standard InChI is InChI=1S/C35H39N7O9/c1-6-51-21(43)13-40-32(50)17-9-7-8-16(10-17)18-11-20(41(2)3)19-12-33(38)14-35(39)28(42(4)5)27(46)23(31(37)49)29(47)34(35,15-36)30(48)24(33)26(45)22(19)25(18)44/h7-11,28,44-45,47H,6,12-14,38-39H2,1-5H3,(H2,37,49)(H,40,50)/t28-,33-,34+,35-/m1/s1. The minimum absolute atomic E-state index is 0.135. The Morgan fingerprint density at radius 2 is 1.76 bits per heavy atom. The van der Waals surface area contributed by atoms with Crippen LogP contribution in [0.4, 0.5) is 5.69 Å². The number of hydrogen-bond donors (Lipinski definition) is 7. The van der Waals surface area contributed by atoms with Crippen LogP contribution in [0.1, 0.15) is 34.8 Å². The molecule has 16 nitrogen and oxygen atoms in total. The third-order valence-corrected chi connectivity index (χ3v) is 9.84. The summed E-state index contributed by atoms with van der Waals surface area (Å²) in [5.74, 6) is -7.44. The van der Waals surface area contributed by atoms with Crippen LogP contribution in [0.5, 0.6) is 5.75 Å². The molecule has 1 saturated carbocycles. The number of Topliss-reactive ketones (excluding diaryl/α,β-unsaturated/α-hetero) is 2. The van der Waals surface area contributed by atoms with Gasteiger partial charge >= 0.3 is 5.97 Å². The molecule has 2 amide bonds. The summed E-state index contributed by atoms with van der Waals surface area (Å²) in [4.78, 5) is 68.5. The van der Waals surface area contributed by atoms with E-state index in [4.69, 9.17) is 21.9 Å². The Labute approximate surface area is 292 Å². The fraction of sp³-hybridized carbons (Fsp3) is 0.371. The molecule has 0 radical (unpaired) electrons. The third kappa shape index (κ3) is 5.20. The van der Waals surface area contributed by atoms with Crippen molar-refractivity contribution in [2.24, 2.45) is 22.6 Å². The summed E-state index contributed by atoms with van der Waals surface area (Å²) in [5.41, 5.74) is 12.1. The number of rotatable bonds is 8. The van der Waals surface area contributed by atoms with Gasteiger partial charge in [0.05, 0.1) is 40.9 Å². The molecule has 0 unspecified atom stereocenters. The van der Waals surface area contributed by atoms with E-state index < -0.39 is 86.7 Å². The number of esters is 1. The molecular formula is C35H39N7O9. The molecule has 4 atom stereocenters. The summed E-state index contributed by atoms with van der Waals surface area (Å²) >= 11 is 0. The maximum Gasteiger partial charge on any atom is 0.325 e. The molecule has 3 aliphatic carbocycles. The van der Waals surface area contributed by atoms with Crippen LogP contribution in [0.3, 0.4) is 0 Å². The van der Waals surface area contributed by atoms with Gasteiger partial charge in [-0.25, -0.2) is 0 Å². The molecule has 2 aromatic rings. The summed E-state index contributed by atoms with van der Waals surface area (Å²) in [6, 6.07) is 7.92. The van der Waals surface area contributed by atoms with Gasteiger partial charge in [0.25, 0.3) is 11.8 Å². The Bertz CT molecular complexity index is 2030. The van der Waals surface area contributed by atoms with E-state index in [0.29, 0.717) is 16.8 Å². The van der Waals surface area contributed by atoms with Gasteiger partial charge in [0, 0.05) is 30.9 Å². The number of nitrogens with zero attached hydrogens (tertiary/aromatic N) is 3. The van der Waals surface area contributed by atoms with Crippen LogP contribution < -0.4 is 27.4 Å². The number of ether oxygens (including phenoxy) is 1. The molecule has 0 saturated heterocycles. The molecule has 0 spiro atoms. The van der Waals surface area contributed by atoms with E-state index in [9.17, 15) is 44.6 Å². The van der Waals surface area contributed by atoms with E-state index in [1.807, 2.05) is 0 Å². The molecule has 3 aliphatic rings. The maximum atomic E-state index is 14.7. The number of carbonyl (C=O) groups is 5. The zero-order valence-electron chi connectivity index (χ0n) is 28.7. The summed E-state index contributed by atoms with van der Waals surface area (Å²) < 4.78 is 4.85. The van der Waals surface area contributed by atoms with Gasteiger partial charge in [-0.15, -0.1) is 0 Å². The first-order chi connectivity index (χ1) is 23.8. The van der Waals surface area contributed by atoms with Gasteiger partial charge in [-0.2, -0.15) is 5.26 Å². The van der Waals surface area contributed by atoms with E-state index in [1.54, 1.807) is 50.2 Å². The van der Waals surface area contributed by atoms with Gasteiger partial charge in [0.15, 0.2) is 17.0 Å². The van der Waals surface area contributed by atoms with Crippen LogP contribution in [0, 0.1) is 16.7 Å². The normalized spacial score (nSPS) is 25.4. The van der Waals surface area contributed by atoms with Gasteiger partial charge in [0.1, 0.15) is 29.4 Å². The Kier molecular flexibility index (Phi) is 8.97. The molecule has 2 aromatic carbocycles. The first-order valence-electron chi connectivity index (χ1n) is 15.8. The minimum Gasteiger partial charge on any atom is -0.509 e. The van der Waals surface area contributed by atoms with Crippen molar-refractivity contribution in [3.8, 4) is 22.9 Å². The van der Waals surface area contributed by atoms with Crippen LogP contribution in [0.2, 0.25) is 0 Å². The van der Waals surface area contributed by atoms with Crippen molar-refractivity contribution in [1.29, 1.82) is 5.26 Å². The number of fused-ring (bicyclic) bond motifs is 3. The number of aromatic hydroxyl groups is 1. The van der Waals surface area contributed by atoms with E-state index in [2.05, 4.69) is 5.32 Å². The van der Waals surface area contributed by atoms with E-state index >= 15 is 0 Å². The van der Waals surface area contributed by atoms with Crippen LogP contribution in [0.15, 0.2) is 47.2 Å². The van der Waals surface area contributed by atoms with E-state index in [0.717, 1.165) is 0 Å². The first kappa shape index (κ1) is 36.5. The number of primary amides is 1. The number of amides is 2. The molecule has 51 heavy (non-hydrogen) atoms. The predicted molar refractivity (Wildman–Crippen MR) is 183 cm³/mol. The number of nitrogens with two attached hydrogens (primary N) is 3. The average molecular weight is 702 g/mol. The maximum absolute atomic E-state index is 14.7. The molecule has 0 aliphatic heterocycles. The van der Waals surface area contributed by atoms with Crippen LogP contribution in [-0.2, 0) is 30.3 Å². The lowest BCUT2D eigenvalue weighted by molar-refractivity contribution is -0.142. The number of nitrogens with one attached hydrogen (secondary N) is 1. The summed E-state index contributed by atoms with van der Waals surface area (Å²) in [7, 11) is 6.27. The van der Waals surface area contributed by atoms with Gasteiger partial charge < -0.3 is 47.5 Å². The molecule has 0 bridgehead atoms. The Hall–Kier alpha value is -5.76. The third-order valence-electron chi connectivity index (χ3n) is 9.84. The molecule has 268 valence electrons. The quantitative estimate of drug-likeness (QED) is 0.140. The number of likely N-dealkylation sites (N-methyl/N-ethyl adjacent to an activating group) is 1. The van der Waals surface area contributed by atoms with Crippen LogP contribution in [0.25, 0.3) is 16.9 Å². The lowest BCUT2D eigenvalue weighted by atomic mass is 9.47. The second-order valence-corrected chi connectivity index (χ2v) is 13.4. The highest BCUT2D eigenvalue weighted by atomic mass is 16.5. The lowest BCUT2D eigenvalue weighted by Gasteiger charge is -2.58. The van der Waals surface area contributed by atoms with Crippen molar-refractivity contribution in [2.45, 2.75) is 36.9 Å². The average Bonchev–Trinajstić information content (AvgIpc) is 3.02. The summed E-state index contributed by atoms with van der Waals surface area (Å²) in [6.45, 7) is 1.41. The predicted octanol–water partition coefficient (Wildman–Crippen LogP) is -0.0686. The number of phenolic OH excluding ortho intramolecular Hbond substituents is 1. The fourth-order valence-electron chi connectivity index (χ4n) is 7.79. The van der Waals surface area contributed by atoms with Gasteiger partial charge in [0.2, 0.25) is 0 Å². The Morgan fingerprint density at radius 1 is 1.10 bits per heavy atom. The van der Waals surface area contributed by atoms with Crippen molar-refractivity contribution in [2.75, 3.05) is 46.2 Å². The van der Waals surface area contributed by atoms with Crippen molar-refractivity contribution in [3.63, 3.8) is 0 Å². The van der Waals surface area contributed by atoms with Crippen molar-refractivity contribution in [3.05, 3.63) is 63.9 Å². The molecule has 10 N–H and O–H groups in total. The highest BCUT2D eigenvalue weighted by Gasteiger charge is 2.74. The molecule has 1 fully saturated rings. The largest absolute Gasteiger partial charge is 0.509 e. The van der Waals surface area contributed by atoms with Gasteiger partial charge in [-0.05, 0) is 63.2 Å². The number of carbonyl (C=O) groups excluding carboxylic acids is 5. The van der Waals surface area contributed by atoms with Gasteiger partial charge in [-0.3, -0.25) is 28.9 Å². The van der Waals surface area contributed by atoms with E-state index in [1.165, 1.54) is 31.1 Å². The molecule has 5 rings (SSSR count). The lowest BCUT2D eigenvalue weighted by Crippen LogP contribution is -2.80. The Morgan fingerprint density at radius 3 is 2.33 bits per heavy atom. The minimum atomic E-state index is -2.80. The number of hydrogen-bond acceptors (Lipinski definition) is 14. The molecule has 0 heterocycles. The smallest absolute Gasteiger partial charge is 0.325 e. The number of phenols is 1. The zero-order chi connectivity index (χ0) is 38.0. The SMILES string of the molecule is CCOC(=O)CNC(=O)c1cccc(-c2cc(N(C)C)c3c(c2O)C(O)=C2C(=O)[C@]4(C#N)C(O)=C(C(N)=O)C(=O)[C@@H](N(C)C)[C@]4(N)C[C@]2(N)C3)c1. The summed E-state index contributed by atoms with van der Waals surface area (Å²) in [6.07, 6.45) is -0.742. The Balaban J connectivity index is 1.75. The highest BCUT2D eigenvalue weighted by Crippen LogP contribution is 2.59. The number of ketones is 2. The second kappa shape index (κ2) is 12.5. The number of nitriles is 1. The van der Waals surface area contributed by atoms with Crippen molar-refractivity contribution < 1.29 is 44.0 Å². The number of aliphatic hydroxyl groups is 2. The van der Waals surface area contributed by atoms with Crippen molar-refractivity contribution >= 4 is 40.8 Å². The fourth-order valence-corrected chi connectivity index (χ4v) is 7.79. The van der Waals surface area contributed by atoms with Crippen molar-refractivity contribution in [1.82, 2.24) is 10.2 Å². The number of anilines is 1. The first-order valence-corrected chi connectivity index (χ1v) is 15.8. The van der Waals surface area contributed by atoms with E-state index in [-0.39, 0.29) is 36.3 Å². The summed E-state index contributed by atoms with van der Waals surface area (Å²) in [5, 5.41) is 48.4.